The Morgan fingerprint density at radius 1 is 0.944 bits per heavy atom. The minimum absolute atomic E-state index is 0.0288. The molecule has 0 aliphatic heterocycles. The number of hydrogen-bond acceptors (Lipinski definition) is 5. The zero-order valence-electron chi connectivity index (χ0n) is 19.2. The predicted octanol–water partition coefficient (Wildman–Crippen LogP) is 6.62. The topological polar surface area (TPSA) is 102 Å². The summed E-state index contributed by atoms with van der Waals surface area (Å²) >= 11 is 17.9. The molecule has 0 amide bonds. The minimum atomic E-state index is -3.95. The summed E-state index contributed by atoms with van der Waals surface area (Å²) in [6.07, 6.45) is 0.355. The van der Waals surface area contributed by atoms with Crippen molar-refractivity contribution in [1.29, 1.82) is 0 Å². The van der Waals surface area contributed by atoms with E-state index >= 15 is 0 Å². The van der Waals surface area contributed by atoms with Gasteiger partial charge >= 0.3 is 5.97 Å². The SMILES string of the molecule is C[C@H](OCCC(=O)O)c1ccc(OCCc2ccc(NS(=O)(=O)c3cc(Cl)c(Cl)cc3Cl)cc2)cc1. The van der Waals surface area contributed by atoms with Gasteiger partial charge < -0.3 is 14.6 Å². The van der Waals surface area contributed by atoms with E-state index in [1.165, 1.54) is 12.1 Å². The number of carbonyl (C=O) groups is 1. The van der Waals surface area contributed by atoms with Gasteiger partial charge in [0.05, 0.1) is 40.8 Å². The van der Waals surface area contributed by atoms with Crippen LogP contribution in [-0.4, -0.2) is 32.7 Å². The van der Waals surface area contributed by atoms with Gasteiger partial charge in [0.25, 0.3) is 10.0 Å². The number of anilines is 1. The lowest BCUT2D eigenvalue weighted by Crippen LogP contribution is -2.13. The van der Waals surface area contributed by atoms with Gasteiger partial charge in [-0.1, -0.05) is 59.1 Å². The van der Waals surface area contributed by atoms with Crippen molar-refractivity contribution in [2.45, 2.75) is 30.8 Å². The van der Waals surface area contributed by atoms with Crippen LogP contribution in [0.5, 0.6) is 5.75 Å². The molecule has 3 aromatic rings. The van der Waals surface area contributed by atoms with Crippen LogP contribution < -0.4 is 9.46 Å². The molecular weight excluding hydrogens is 549 g/mol. The van der Waals surface area contributed by atoms with Crippen molar-refractivity contribution in [2.75, 3.05) is 17.9 Å². The van der Waals surface area contributed by atoms with Gasteiger partial charge in [-0.15, -0.1) is 0 Å². The van der Waals surface area contributed by atoms with Crippen LogP contribution in [0.25, 0.3) is 0 Å². The number of nitrogens with one attached hydrogen (secondary N) is 1. The van der Waals surface area contributed by atoms with Crippen molar-refractivity contribution in [3.8, 4) is 5.75 Å². The first-order valence-corrected chi connectivity index (χ1v) is 13.5. The highest BCUT2D eigenvalue weighted by molar-refractivity contribution is 7.92. The molecule has 3 rings (SSSR count). The van der Waals surface area contributed by atoms with E-state index in [0.717, 1.165) is 11.1 Å². The Kier molecular flexibility index (Phi) is 9.87. The third-order valence-electron chi connectivity index (χ3n) is 5.16. The summed E-state index contributed by atoms with van der Waals surface area (Å²) in [5.74, 6) is -0.200. The quantitative estimate of drug-likeness (QED) is 0.237. The van der Waals surface area contributed by atoms with Crippen LogP contribution in [0.4, 0.5) is 5.69 Å². The average Bonchev–Trinajstić information content (AvgIpc) is 2.82. The molecule has 0 spiro atoms. The largest absolute Gasteiger partial charge is 0.493 e. The Morgan fingerprint density at radius 3 is 2.22 bits per heavy atom. The average molecular weight is 573 g/mol. The monoisotopic (exact) mass is 571 g/mol. The molecule has 0 saturated heterocycles. The molecule has 0 fully saturated rings. The van der Waals surface area contributed by atoms with Crippen LogP contribution in [0, 0.1) is 0 Å². The molecule has 0 saturated carbocycles. The van der Waals surface area contributed by atoms with Crippen molar-refractivity contribution < 1.29 is 27.8 Å². The summed E-state index contributed by atoms with van der Waals surface area (Å²) < 4.78 is 39.2. The van der Waals surface area contributed by atoms with Crippen molar-refractivity contribution in [2.24, 2.45) is 0 Å². The molecule has 0 heterocycles. The molecule has 0 unspecified atom stereocenters. The standard InChI is InChI=1S/C25H24Cl3NO6S/c1-16(34-13-11-25(30)31)18-4-8-20(9-5-18)35-12-10-17-2-6-19(7-3-17)29-36(32,33)24-15-22(27)21(26)14-23(24)28/h2-9,14-16,29H,10-13H2,1H3,(H,30,31)/t16-/m0/s1. The van der Waals surface area contributed by atoms with Crippen LogP contribution in [0.1, 0.15) is 30.6 Å². The lowest BCUT2D eigenvalue weighted by atomic mass is 10.1. The lowest BCUT2D eigenvalue weighted by Gasteiger charge is -2.14. The van der Waals surface area contributed by atoms with E-state index in [2.05, 4.69) is 4.72 Å². The van der Waals surface area contributed by atoms with Crippen molar-refractivity contribution in [1.82, 2.24) is 0 Å². The molecule has 192 valence electrons. The van der Waals surface area contributed by atoms with E-state index in [4.69, 9.17) is 49.4 Å². The van der Waals surface area contributed by atoms with E-state index in [0.29, 0.717) is 24.5 Å². The Balaban J connectivity index is 1.50. The molecule has 1 atom stereocenters. The second-order valence-corrected chi connectivity index (χ2v) is 10.7. The Bertz CT molecular complexity index is 1300. The summed E-state index contributed by atoms with van der Waals surface area (Å²) in [6.45, 7) is 2.44. The van der Waals surface area contributed by atoms with E-state index in [9.17, 15) is 13.2 Å². The molecule has 0 aliphatic carbocycles. The first kappa shape index (κ1) is 28.1. The fourth-order valence-electron chi connectivity index (χ4n) is 3.20. The molecule has 3 aromatic carbocycles. The molecule has 2 N–H and O–H groups in total. The molecule has 0 aliphatic rings. The van der Waals surface area contributed by atoms with E-state index in [1.807, 2.05) is 31.2 Å². The highest BCUT2D eigenvalue weighted by atomic mass is 35.5. The summed E-state index contributed by atoms with van der Waals surface area (Å²) in [5.41, 5.74) is 2.26. The number of ether oxygens (including phenoxy) is 2. The maximum atomic E-state index is 12.7. The molecule has 0 aromatic heterocycles. The van der Waals surface area contributed by atoms with Crippen LogP contribution in [0.3, 0.4) is 0 Å². The number of benzene rings is 3. The van der Waals surface area contributed by atoms with Gasteiger partial charge in [-0.05, 0) is 54.4 Å². The summed E-state index contributed by atoms with van der Waals surface area (Å²) in [5, 5.41) is 8.91. The Hall–Kier alpha value is -2.49. The van der Waals surface area contributed by atoms with Gasteiger partial charge in [0.15, 0.2) is 0 Å². The molecule has 7 nitrogen and oxygen atoms in total. The summed E-state index contributed by atoms with van der Waals surface area (Å²) in [7, 11) is -3.95. The second-order valence-electron chi connectivity index (χ2n) is 7.82. The zero-order chi connectivity index (χ0) is 26.3. The molecule has 0 radical (unpaired) electrons. The van der Waals surface area contributed by atoms with Gasteiger partial charge in [-0.2, -0.15) is 0 Å². The normalized spacial score (nSPS) is 12.2. The van der Waals surface area contributed by atoms with Crippen molar-refractivity contribution >= 4 is 56.5 Å². The Morgan fingerprint density at radius 2 is 1.58 bits per heavy atom. The van der Waals surface area contributed by atoms with Gasteiger partial charge in [0.2, 0.25) is 0 Å². The predicted molar refractivity (Wildman–Crippen MR) is 141 cm³/mol. The number of halogens is 3. The van der Waals surface area contributed by atoms with Crippen LogP contribution >= 0.6 is 34.8 Å². The molecule has 11 heteroatoms. The number of rotatable bonds is 12. The second kappa shape index (κ2) is 12.7. The van der Waals surface area contributed by atoms with Crippen LogP contribution in [0.15, 0.2) is 65.6 Å². The van der Waals surface area contributed by atoms with Crippen molar-refractivity contribution in [3.05, 3.63) is 86.9 Å². The van der Waals surface area contributed by atoms with E-state index in [-0.39, 0.29) is 39.1 Å². The number of carboxylic acid groups (broad SMARTS) is 1. The van der Waals surface area contributed by atoms with Gasteiger partial charge in [0.1, 0.15) is 10.6 Å². The summed E-state index contributed by atoms with van der Waals surface area (Å²) in [4.78, 5) is 10.4. The highest BCUT2D eigenvalue weighted by Crippen LogP contribution is 2.32. The number of sulfonamides is 1. The van der Waals surface area contributed by atoms with Gasteiger partial charge in [-0.25, -0.2) is 8.42 Å². The maximum Gasteiger partial charge on any atom is 0.305 e. The molecular formula is C25H24Cl3NO6S. The first-order chi connectivity index (χ1) is 17.0. The zero-order valence-corrected chi connectivity index (χ0v) is 22.3. The fourth-order valence-corrected chi connectivity index (χ4v) is 5.26. The fraction of sp³-hybridized carbons (Fsp3) is 0.240. The van der Waals surface area contributed by atoms with Crippen molar-refractivity contribution in [3.63, 3.8) is 0 Å². The van der Waals surface area contributed by atoms with Gasteiger partial charge in [-0.3, -0.25) is 9.52 Å². The molecule has 36 heavy (non-hydrogen) atoms. The lowest BCUT2D eigenvalue weighted by molar-refractivity contribution is -0.138. The van der Waals surface area contributed by atoms with E-state index < -0.39 is 16.0 Å². The third-order valence-corrected chi connectivity index (χ3v) is 7.73. The smallest absolute Gasteiger partial charge is 0.305 e. The maximum absolute atomic E-state index is 12.7. The van der Waals surface area contributed by atoms with Gasteiger partial charge in [0, 0.05) is 12.1 Å². The Labute approximate surface area is 225 Å². The number of aliphatic carboxylic acids is 1. The third kappa shape index (κ3) is 8.01. The van der Waals surface area contributed by atoms with Crippen LogP contribution in [-0.2, 0) is 26.0 Å². The number of carboxylic acids is 1. The van der Waals surface area contributed by atoms with E-state index in [1.54, 1.807) is 24.3 Å². The highest BCUT2D eigenvalue weighted by Gasteiger charge is 2.20. The minimum Gasteiger partial charge on any atom is -0.493 e. The van der Waals surface area contributed by atoms with Crippen LogP contribution in [0.2, 0.25) is 15.1 Å². The molecule has 0 bridgehead atoms. The summed E-state index contributed by atoms with van der Waals surface area (Å²) in [6, 6.07) is 16.8. The first-order valence-electron chi connectivity index (χ1n) is 10.9. The number of hydrogen-bond donors (Lipinski definition) is 2.